The molecule has 0 spiro atoms. The molecule has 3 aromatic rings. The first kappa shape index (κ1) is 11.9. The van der Waals surface area contributed by atoms with E-state index in [1.165, 1.54) is 12.8 Å². The van der Waals surface area contributed by atoms with Gasteiger partial charge in [0.2, 0.25) is 0 Å². The molecule has 20 heavy (non-hydrogen) atoms. The summed E-state index contributed by atoms with van der Waals surface area (Å²) < 4.78 is 3.14. The van der Waals surface area contributed by atoms with Crippen LogP contribution in [0.4, 0.5) is 0 Å². The predicted molar refractivity (Wildman–Crippen MR) is 80.2 cm³/mol. The van der Waals surface area contributed by atoms with E-state index in [1.807, 2.05) is 28.8 Å². The third kappa shape index (κ3) is 1.89. The summed E-state index contributed by atoms with van der Waals surface area (Å²) in [5.41, 5.74) is 2.17. The number of benzene rings is 1. The van der Waals surface area contributed by atoms with Crippen LogP contribution >= 0.6 is 11.3 Å². The third-order valence-electron chi connectivity index (χ3n) is 4.07. The number of thiazole rings is 1. The lowest BCUT2D eigenvalue weighted by atomic mass is 10.1. The first-order valence-electron chi connectivity index (χ1n) is 6.79. The Kier molecular flexibility index (Phi) is 2.41. The van der Waals surface area contributed by atoms with E-state index in [2.05, 4.69) is 17.2 Å². The molecule has 1 aliphatic rings. The smallest absolute Gasteiger partial charge is 0.251 e. The Morgan fingerprint density at radius 2 is 2.35 bits per heavy atom. The Bertz CT molecular complexity index is 813. The zero-order chi connectivity index (χ0) is 13.7. The molecule has 5 heteroatoms. The molecular weight excluding hydrogens is 270 g/mol. The van der Waals surface area contributed by atoms with Crippen molar-refractivity contribution in [1.82, 2.24) is 14.7 Å². The van der Waals surface area contributed by atoms with Crippen LogP contribution in [0.25, 0.3) is 15.2 Å². The van der Waals surface area contributed by atoms with Gasteiger partial charge in [-0.25, -0.2) is 4.98 Å². The minimum absolute atomic E-state index is 0.0195. The summed E-state index contributed by atoms with van der Waals surface area (Å²) in [7, 11) is 0. The summed E-state index contributed by atoms with van der Waals surface area (Å²) in [4.78, 5) is 17.4. The van der Waals surface area contributed by atoms with Gasteiger partial charge < -0.3 is 5.32 Å². The number of carbonyl (C=O) groups is 1. The number of amides is 1. The van der Waals surface area contributed by atoms with E-state index in [0.29, 0.717) is 5.41 Å². The number of nitrogens with zero attached hydrogens (tertiary/aromatic N) is 2. The Morgan fingerprint density at radius 3 is 3.15 bits per heavy atom. The number of carbonyl (C=O) groups excluding carboxylic acids is 1. The number of nitrogens with one attached hydrogen (secondary N) is 1. The monoisotopic (exact) mass is 285 g/mol. The molecule has 0 atom stereocenters. The maximum Gasteiger partial charge on any atom is 0.251 e. The molecule has 4 nitrogen and oxygen atoms in total. The third-order valence-corrected chi connectivity index (χ3v) is 5.10. The van der Waals surface area contributed by atoms with Gasteiger partial charge in [-0.3, -0.25) is 9.20 Å². The second-order valence-corrected chi connectivity index (χ2v) is 6.87. The number of imidazole rings is 1. The molecule has 1 fully saturated rings. The number of fused-ring (bicyclic) bond motifs is 3. The van der Waals surface area contributed by atoms with E-state index in [4.69, 9.17) is 0 Å². The van der Waals surface area contributed by atoms with Gasteiger partial charge in [-0.1, -0.05) is 18.3 Å². The topological polar surface area (TPSA) is 46.4 Å². The van der Waals surface area contributed by atoms with Crippen LogP contribution in [0.1, 0.15) is 30.1 Å². The molecule has 1 saturated carbocycles. The molecular formula is C15H15N3OS. The molecule has 0 bridgehead atoms. The number of rotatable bonds is 3. The molecule has 2 heterocycles. The summed E-state index contributed by atoms with van der Waals surface area (Å²) in [6, 6.07) is 5.84. The number of hydrogen-bond acceptors (Lipinski definition) is 3. The molecule has 1 N–H and O–H groups in total. The van der Waals surface area contributed by atoms with E-state index in [1.54, 1.807) is 17.5 Å². The average Bonchev–Trinajstić information content (AvgIpc) is 2.87. The summed E-state index contributed by atoms with van der Waals surface area (Å²) in [5.74, 6) is 0.0195. The van der Waals surface area contributed by atoms with Crippen LogP contribution in [-0.2, 0) is 0 Å². The van der Waals surface area contributed by atoms with E-state index < -0.39 is 0 Å². The Balaban J connectivity index is 1.64. The first-order chi connectivity index (χ1) is 9.65. The van der Waals surface area contributed by atoms with Crippen molar-refractivity contribution < 1.29 is 4.79 Å². The van der Waals surface area contributed by atoms with Gasteiger partial charge in [-0.15, -0.1) is 0 Å². The van der Waals surface area contributed by atoms with Crippen LogP contribution in [-0.4, -0.2) is 21.8 Å². The van der Waals surface area contributed by atoms with Crippen molar-refractivity contribution in [2.24, 2.45) is 5.41 Å². The Labute approximate surface area is 120 Å². The van der Waals surface area contributed by atoms with Crippen molar-refractivity contribution >= 4 is 32.4 Å². The van der Waals surface area contributed by atoms with Gasteiger partial charge in [-0.2, -0.15) is 0 Å². The molecule has 102 valence electrons. The summed E-state index contributed by atoms with van der Waals surface area (Å²) in [6.07, 6.45) is 6.17. The van der Waals surface area contributed by atoms with Crippen LogP contribution in [0.5, 0.6) is 0 Å². The zero-order valence-electron chi connectivity index (χ0n) is 11.2. The maximum absolute atomic E-state index is 12.2. The van der Waals surface area contributed by atoms with Crippen LogP contribution in [0.2, 0.25) is 0 Å². The van der Waals surface area contributed by atoms with Gasteiger partial charge in [0, 0.05) is 24.5 Å². The molecule has 0 unspecified atom stereocenters. The molecule has 0 radical (unpaired) electrons. The zero-order valence-corrected chi connectivity index (χ0v) is 12.0. The Hall–Kier alpha value is -1.88. The number of aromatic nitrogens is 2. The minimum atomic E-state index is 0.0195. The highest BCUT2D eigenvalue weighted by atomic mass is 32.1. The van der Waals surface area contributed by atoms with Crippen LogP contribution in [0, 0.1) is 5.41 Å². The lowest BCUT2D eigenvalue weighted by molar-refractivity contribution is 0.0946. The molecule has 1 aromatic carbocycles. The van der Waals surface area contributed by atoms with Crippen molar-refractivity contribution in [3.8, 4) is 0 Å². The van der Waals surface area contributed by atoms with Gasteiger partial charge in [0.25, 0.3) is 5.91 Å². The fourth-order valence-electron chi connectivity index (χ4n) is 2.37. The predicted octanol–water partition coefficient (Wildman–Crippen LogP) is 3.08. The molecule has 0 saturated heterocycles. The SMILES string of the molecule is CC1(CNC(=O)c2ccc3c(c2)sc2nccn23)CC1. The average molecular weight is 285 g/mol. The van der Waals surface area contributed by atoms with Crippen LogP contribution in [0.3, 0.4) is 0 Å². The van der Waals surface area contributed by atoms with Crippen LogP contribution < -0.4 is 5.32 Å². The van der Waals surface area contributed by atoms with Gasteiger partial charge >= 0.3 is 0 Å². The fourth-order valence-corrected chi connectivity index (χ4v) is 3.39. The summed E-state index contributed by atoms with van der Waals surface area (Å²) >= 11 is 1.61. The molecule has 1 amide bonds. The van der Waals surface area contributed by atoms with Gasteiger partial charge in [0.05, 0.1) is 10.2 Å². The lowest BCUT2D eigenvalue weighted by Crippen LogP contribution is -2.28. The highest BCUT2D eigenvalue weighted by Crippen LogP contribution is 2.44. The second kappa shape index (κ2) is 4.06. The first-order valence-corrected chi connectivity index (χ1v) is 7.60. The van der Waals surface area contributed by atoms with Crippen molar-refractivity contribution in [2.45, 2.75) is 19.8 Å². The van der Waals surface area contributed by atoms with Crippen molar-refractivity contribution in [1.29, 1.82) is 0 Å². The van der Waals surface area contributed by atoms with Gasteiger partial charge in [0.1, 0.15) is 0 Å². The van der Waals surface area contributed by atoms with Crippen molar-refractivity contribution in [2.75, 3.05) is 6.54 Å². The molecule has 0 aliphatic heterocycles. The molecule has 4 rings (SSSR count). The highest BCUT2D eigenvalue weighted by Gasteiger charge is 2.37. The summed E-state index contributed by atoms with van der Waals surface area (Å²) in [6.45, 7) is 2.99. The molecule has 2 aromatic heterocycles. The number of hydrogen-bond donors (Lipinski definition) is 1. The normalized spacial score (nSPS) is 16.6. The molecule has 1 aliphatic carbocycles. The van der Waals surface area contributed by atoms with Crippen molar-refractivity contribution in [3.05, 3.63) is 36.2 Å². The standard InChI is InChI=1S/C15H15N3OS/c1-15(4-5-15)9-17-13(19)10-2-3-11-12(8-10)20-14-16-6-7-18(11)14/h2-3,6-8H,4-5,9H2,1H3,(H,17,19). The maximum atomic E-state index is 12.2. The van der Waals surface area contributed by atoms with Crippen molar-refractivity contribution in [3.63, 3.8) is 0 Å². The fraction of sp³-hybridized carbons (Fsp3) is 0.333. The Morgan fingerprint density at radius 1 is 1.50 bits per heavy atom. The quantitative estimate of drug-likeness (QED) is 0.804. The minimum Gasteiger partial charge on any atom is -0.351 e. The van der Waals surface area contributed by atoms with E-state index in [-0.39, 0.29) is 5.91 Å². The van der Waals surface area contributed by atoms with E-state index in [9.17, 15) is 4.79 Å². The second-order valence-electron chi connectivity index (χ2n) is 5.86. The summed E-state index contributed by atoms with van der Waals surface area (Å²) in [5, 5.41) is 3.04. The van der Waals surface area contributed by atoms with Crippen LogP contribution in [0.15, 0.2) is 30.6 Å². The lowest BCUT2D eigenvalue weighted by Gasteiger charge is -2.10. The highest BCUT2D eigenvalue weighted by molar-refractivity contribution is 7.23. The van der Waals surface area contributed by atoms with Gasteiger partial charge in [-0.05, 0) is 36.5 Å². The largest absolute Gasteiger partial charge is 0.351 e. The van der Waals surface area contributed by atoms with E-state index >= 15 is 0 Å². The van der Waals surface area contributed by atoms with E-state index in [0.717, 1.165) is 27.3 Å². The van der Waals surface area contributed by atoms with Gasteiger partial charge in [0.15, 0.2) is 4.96 Å².